The third-order valence-electron chi connectivity index (χ3n) is 3.40. The summed E-state index contributed by atoms with van der Waals surface area (Å²) < 4.78 is 5.86. The fourth-order valence-corrected chi connectivity index (χ4v) is 2.28. The average Bonchev–Trinajstić information content (AvgIpc) is 2.42. The Balaban J connectivity index is 1.51. The largest absolute Gasteiger partial charge is 0.385 e. The van der Waals surface area contributed by atoms with Gasteiger partial charge in [-0.1, -0.05) is 0 Å². The number of hydrogen-bond donors (Lipinski definition) is 2. The van der Waals surface area contributed by atoms with E-state index in [0.717, 1.165) is 50.9 Å². The van der Waals surface area contributed by atoms with Gasteiger partial charge >= 0.3 is 0 Å². The molecule has 0 saturated heterocycles. The minimum absolute atomic E-state index is 0.401. The highest BCUT2D eigenvalue weighted by Crippen LogP contribution is 2.19. The van der Waals surface area contributed by atoms with Gasteiger partial charge in [0.15, 0.2) is 0 Å². The Kier molecular flexibility index (Phi) is 5.42. The lowest BCUT2D eigenvalue weighted by molar-refractivity contribution is 0.0251. The van der Waals surface area contributed by atoms with Gasteiger partial charge in [0.25, 0.3) is 0 Å². The average molecular weight is 249 g/mol. The van der Waals surface area contributed by atoms with E-state index < -0.39 is 0 Å². The predicted molar refractivity (Wildman–Crippen MR) is 73.5 cm³/mol. The van der Waals surface area contributed by atoms with Crippen LogP contribution in [0.15, 0.2) is 24.5 Å². The van der Waals surface area contributed by atoms with Gasteiger partial charge in [0.2, 0.25) is 0 Å². The van der Waals surface area contributed by atoms with Crippen LogP contribution in [0.2, 0.25) is 0 Å². The van der Waals surface area contributed by atoms with Crippen molar-refractivity contribution in [3.05, 3.63) is 24.5 Å². The third-order valence-corrected chi connectivity index (χ3v) is 3.40. The van der Waals surface area contributed by atoms with Gasteiger partial charge in [0, 0.05) is 37.3 Å². The van der Waals surface area contributed by atoms with Crippen LogP contribution in [0.25, 0.3) is 0 Å². The number of aromatic nitrogens is 1. The van der Waals surface area contributed by atoms with Gasteiger partial charge in [0.1, 0.15) is 0 Å². The maximum absolute atomic E-state index is 5.87. The van der Waals surface area contributed by atoms with Gasteiger partial charge < -0.3 is 15.8 Å². The van der Waals surface area contributed by atoms with Crippen molar-refractivity contribution in [3.63, 3.8) is 0 Å². The minimum Gasteiger partial charge on any atom is -0.385 e. The Hall–Kier alpha value is -1.13. The van der Waals surface area contributed by atoms with Crippen LogP contribution in [0.5, 0.6) is 0 Å². The second-order valence-corrected chi connectivity index (χ2v) is 4.92. The van der Waals surface area contributed by atoms with Crippen LogP contribution < -0.4 is 11.1 Å². The molecule has 0 amide bonds. The Bertz CT molecular complexity index is 323. The lowest BCUT2D eigenvalue weighted by Gasteiger charge is -2.26. The quantitative estimate of drug-likeness (QED) is 0.759. The van der Waals surface area contributed by atoms with Crippen molar-refractivity contribution >= 4 is 5.69 Å². The smallest absolute Gasteiger partial charge is 0.0576 e. The fourth-order valence-electron chi connectivity index (χ4n) is 2.28. The summed E-state index contributed by atoms with van der Waals surface area (Å²) in [6.45, 7) is 1.77. The van der Waals surface area contributed by atoms with E-state index in [0.29, 0.717) is 12.1 Å². The molecule has 1 aromatic rings. The van der Waals surface area contributed by atoms with Crippen molar-refractivity contribution in [1.82, 2.24) is 4.98 Å². The summed E-state index contributed by atoms with van der Waals surface area (Å²) in [7, 11) is 0. The second-order valence-electron chi connectivity index (χ2n) is 4.92. The van der Waals surface area contributed by atoms with E-state index in [-0.39, 0.29) is 0 Å². The maximum Gasteiger partial charge on any atom is 0.0576 e. The summed E-state index contributed by atoms with van der Waals surface area (Å²) in [5.41, 5.74) is 6.99. The van der Waals surface area contributed by atoms with Crippen molar-refractivity contribution in [1.29, 1.82) is 0 Å². The first-order valence-corrected chi connectivity index (χ1v) is 6.85. The van der Waals surface area contributed by atoms with Gasteiger partial charge in [0.05, 0.1) is 6.10 Å². The van der Waals surface area contributed by atoms with Crippen LogP contribution >= 0.6 is 0 Å². The van der Waals surface area contributed by atoms with Crippen LogP contribution in [0, 0.1) is 0 Å². The number of nitrogens with two attached hydrogens (primary N) is 1. The van der Waals surface area contributed by atoms with Gasteiger partial charge in [-0.25, -0.2) is 0 Å². The lowest BCUT2D eigenvalue weighted by atomic mass is 9.94. The van der Waals surface area contributed by atoms with Crippen molar-refractivity contribution < 1.29 is 4.74 Å². The Morgan fingerprint density at radius 2 is 1.94 bits per heavy atom. The molecule has 1 aliphatic carbocycles. The topological polar surface area (TPSA) is 60.2 Å². The SMILES string of the molecule is NC1CCC(OCCCNc2ccncc2)CC1. The molecule has 1 saturated carbocycles. The zero-order valence-electron chi connectivity index (χ0n) is 10.8. The van der Waals surface area contributed by atoms with Crippen molar-refractivity contribution in [2.45, 2.75) is 44.2 Å². The molecule has 1 aliphatic rings. The van der Waals surface area contributed by atoms with E-state index in [1.165, 1.54) is 0 Å². The molecule has 0 aromatic carbocycles. The van der Waals surface area contributed by atoms with E-state index in [4.69, 9.17) is 10.5 Å². The maximum atomic E-state index is 5.87. The van der Waals surface area contributed by atoms with Crippen molar-refractivity contribution in [2.24, 2.45) is 5.73 Å². The zero-order valence-corrected chi connectivity index (χ0v) is 10.8. The normalized spacial score (nSPS) is 23.8. The molecule has 18 heavy (non-hydrogen) atoms. The summed E-state index contributed by atoms with van der Waals surface area (Å²) in [5.74, 6) is 0. The molecule has 0 radical (unpaired) electrons. The first-order chi connectivity index (χ1) is 8.84. The van der Waals surface area contributed by atoms with Crippen LogP contribution in [0.1, 0.15) is 32.1 Å². The summed E-state index contributed by atoms with van der Waals surface area (Å²) >= 11 is 0. The van der Waals surface area contributed by atoms with Crippen molar-refractivity contribution in [2.75, 3.05) is 18.5 Å². The molecule has 3 N–H and O–H groups in total. The molecule has 4 nitrogen and oxygen atoms in total. The van der Waals surface area contributed by atoms with E-state index >= 15 is 0 Å². The molecule has 1 aromatic heterocycles. The highest BCUT2D eigenvalue weighted by Gasteiger charge is 2.18. The second kappa shape index (κ2) is 7.34. The molecular weight excluding hydrogens is 226 g/mol. The van der Waals surface area contributed by atoms with Gasteiger partial charge in [-0.2, -0.15) is 0 Å². The van der Waals surface area contributed by atoms with E-state index in [9.17, 15) is 0 Å². The monoisotopic (exact) mass is 249 g/mol. The van der Waals surface area contributed by atoms with Gasteiger partial charge in [-0.15, -0.1) is 0 Å². The Morgan fingerprint density at radius 1 is 1.22 bits per heavy atom. The molecule has 1 heterocycles. The molecule has 1 fully saturated rings. The van der Waals surface area contributed by atoms with Crippen LogP contribution in [0.4, 0.5) is 5.69 Å². The highest BCUT2D eigenvalue weighted by molar-refractivity contribution is 5.40. The van der Waals surface area contributed by atoms with Crippen molar-refractivity contribution in [3.8, 4) is 0 Å². The summed E-state index contributed by atoms with van der Waals surface area (Å²) in [5, 5.41) is 3.35. The number of rotatable bonds is 6. The minimum atomic E-state index is 0.401. The van der Waals surface area contributed by atoms with Crippen LogP contribution in [-0.2, 0) is 4.74 Å². The number of anilines is 1. The summed E-state index contributed by atoms with van der Waals surface area (Å²) in [6.07, 6.45) is 9.53. The first kappa shape index (κ1) is 13.3. The standard InChI is InChI=1S/C14H23N3O/c15-12-2-4-14(5-3-12)18-11-1-8-17-13-6-9-16-10-7-13/h6-7,9-10,12,14H,1-5,8,11,15H2,(H,16,17). The molecule has 0 unspecified atom stereocenters. The summed E-state index contributed by atoms with van der Waals surface area (Å²) in [4.78, 5) is 3.98. The van der Waals surface area contributed by atoms with Crippen LogP contribution in [0.3, 0.4) is 0 Å². The van der Waals surface area contributed by atoms with E-state index in [1.54, 1.807) is 12.4 Å². The number of hydrogen-bond acceptors (Lipinski definition) is 4. The number of nitrogens with one attached hydrogen (secondary N) is 1. The Morgan fingerprint density at radius 3 is 2.67 bits per heavy atom. The van der Waals surface area contributed by atoms with Crippen LogP contribution in [-0.4, -0.2) is 30.3 Å². The van der Waals surface area contributed by atoms with E-state index in [1.807, 2.05) is 12.1 Å². The predicted octanol–water partition coefficient (Wildman–Crippen LogP) is 2.17. The molecule has 0 aliphatic heterocycles. The van der Waals surface area contributed by atoms with Gasteiger partial charge in [-0.05, 0) is 44.2 Å². The molecular formula is C14H23N3O. The molecule has 2 rings (SSSR count). The zero-order chi connectivity index (χ0) is 12.6. The molecule has 100 valence electrons. The third kappa shape index (κ3) is 4.63. The van der Waals surface area contributed by atoms with Gasteiger partial charge in [-0.3, -0.25) is 4.98 Å². The first-order valence-electron chi connectivity index (χ1n) is 6.85. The van der Waals surface area contributed by atoms with E-state index in [2.05, 4.69) is 10.3 Å². The highest BCUT2D eigenvalue weighted by atomic mass is 16.5. The number of pyridine rings is 1. The summed E-state index contributed by atoms with van der Waals surface area (Å²) in [6, 6.07) is 4.35. The molecule has 0 atom stereocenters. The Labute approximate surface area is 109 Å². The lowest BCUT2D eigenvalue weighted by Crippen LogP contribution is -2.30. The fraction of sp³-hybridized carbons (Fsp3) is 0.643. The molecule has 0 spiro atoms. The number of nitrogens with zero attached hydrogens (tertiary/aromatic N) is 1. The molecule has 4 heteroatoms. The number of ether oxygens (including phenoxy) is 1. The molecule has 0 bridgehead atoms.